The first-order valence-electron chi connectivity index (χ1n) is 12.7. The predicted octanol–water partition coefficient (Wildman–Crippen LogP) is 1.56. The molecule has 5 rings (SSSR count). The molecule has 0 spiro atoms. The second kappa shape index (κ2) is 10.7. The predicted molar refractivity (Wildman–Crippen MR) is 133 cm³/mol. The minimum atomic E-state index is -0.108. The van der Waals surface area contributed by atoms with E-state index in [9.17, 15) is 9.59 Å². The highest BCUT2D eigenvalue weighted by molar-refractivity contribution is 5.82. The molecule has 3 fully saturated rings. The van der Waals surface area contributed by atoms with Crippen molar-refractivity contribution in [3.05, 3.63) is 35.7 Å². The molecule has 186 valence electrons. The Kier molecular flexibility index (Phi) is 7.19. The van der Waals surface area contributed by atoms with Crippen LogP contribution in [0.5, 0.6) is 0 Å². The third kappa shape index (κ3) is 5.76. The second-order valence-electron chi connectivity index (χ2n) is 9.65. The molecule has 2 saturated heterocycles. The van der Waals surface area contributed by atoms with Crippen LogP contribution in [-0.4, -0.2) is 82.4 Å². The van der Waals surface area contributed by atoms with Gasteiger partial charge in [0.1, 0.15) is 11.6 Å². The number of hydrogen-bond acceptors (Lipinski definition) is 8. The maximum atomic E-state index is 12.1. The molecular formula is C25H34N8O2. The van der Waals surface area contributed by atoms with Crippen molar-refractivity contribution in [1.29, 1.82) is 0 Å². The van der Waals surface area contributed by atoms with Crippen molar-refractivity contribution in [2.75, 3.05) is 49.5 Å². The van der Waals surface area contributed by atoms with Crippen LogP contribution in [0.4, 0.5) is 17.6 Å². The van der Waals surface area contributed by atoms with Gasteiger partial charge in [0, 0.05) is 69.2 Å². The quantitative estimate of drug-likeness (QED) is 0.496. The van der Waals surface area contributed by atoms with Crippen LogP contribution < -0.4 is 15.5 Å². The van der Waals surface area contributed by atoms with Crippen LogP contribution in [0.2, 0.25) is 0 Å². The van der Waals surface area contributed by atoms with E-state index in [1.807, 2.05) is 12.3 Å². The van der Waals surface area contributed by atoms with Gasteiger partial charge in [0.2, 0.25) is 18.3 Å². The Balaban J connectivity index is 1.27. The van der Waals surface area contributed by atoms with Crippen LogP contribution in [0.15, 0.2) is 24.5 Å². The first-order valence-corrected chi connectivity index (χ1v) is 12.7. The standard InChI is InChI=1S/C25H34N8O2/c1-2-31-9-11-32(12-10-31)16-18-3-6-22(27-14-18)29-25-28-15-20(13-19-7-8-26-24(19)35)23(30-25)33(17-34)21-4-5-21/h3,6,14-15,17,19,21H,2,4-5,7-13,16H2,1H3,(H,26,35)(H,27,28,29,30). The number of likely N-dealkylation sites (N-methyl/N-ethyl adjacent to an activating group) is 1. The van der Waals surface area contributed by atoms with Crippen LogP contribution in [0, 0.1) is 5.92 Å². The summed E-state index contributed by atoms with van der Waals surface area (Å²) in [6, 6.07) is 4.19. The molecule has 35 heavy (non-hydrogen) atoms. The van der Waals surface area contributed by atoms with Gasteiger partial charge >= 0.3 is 0 Å². The molecule has 2 N–H and O–H groups in total. The van der Waals surface area contributed by atoms with Crippen molar-refractivity contribution >= 4 is 29.9 Å². The average molecular weight is 479 g/mol. The van der Waals surface area contributed by atoms with Crippen molar-refractivity contribution in [3.63, 3.8) is 0 Å². The van der Waals surface area contributed by atoms with Gasteiger partial charge in [-0.1, -0.05) is 13.0 Å². The molecule has 0 bridgehead atoms. The Morgan fingerprint density at radius 1 is 1.11 bits per heavy atom. The smallest absolute Gasteiger partial charge is 0.230 e. The van der Waals surface area contributed by atoms with E-state index in [-0.39, 0.29) is 17.9 Å². The fourth-order valence-electron chi connectivity index (χ4n) is 4.82. The molecule has 10 heteroatoms. The lowest BCUT2D eigenvalue weighted by atomic mass is 9.99. The molecule has 0 aromatic carbocycles. The molecule has 0 radical (unpaired) electrons. The number of carbonyl (C=O) groups excluding carboxylic acids is 2. The Hall–Kier alpha value is -3.11. The van der Waals surface area contributed by atoms with Crippen molar-refractivity contribution in [1.82, 2.24) is 30.1 Å². The lowest BCUT2D eigenvalue weighted by molar-refractivity contribution is -0.122. The number of rotatable bonds is 10. The van der Waals surface area contributed by atoms with E-state index >= 15 is 0 Å². The lowest BCUT2D eigenvalue weighted by Gasteiger charge is -2.33. The van der Waals surface area contributed by atoms with Gasteiger partial charge in [-0.05, 0) is 43.9 Å². The van der Waals surface area contributed by atoms with Crippen molar-refractivity contribution in [2.24, 2.45) is 5.92 Å². The first-order chi connectivity index (χ1) is 17.1. The summed E-state index contributed by atoms with van der Waals surface area (Å²) >= 11 is 0. The van der Waals surface area contributed by atoms with E-state index in [0.717, 1.165) is 70.5 Å². The van der Waals surface area contributed by atoms with Gasteiger partial charge in [-0.15, -0.1) is 0 Å². The minimum Gasteiger partial charge on any atom is -0.356 e. The second-order valence-corrected chi connectivity index (χ2v) is 9.65. The summed E-state index contributed by atoms with van der Waals surface area (Å²) in [6.07, 6.45) is 7.71. The van der Waals surface area contributed by atoms with E-state index in [1.54, 1.807) is 11.1 Å². The van der Waals surface area contributed by atoms with E-state index < -0.39 is 0 Å². The van der Waals surface area contributed by atoms with Crippen molar-refractivity contribution in [3.8, 4) is 0 Å². The molecule has 1 aliphatic carbocycles. The SMILES string of the molecule is CCN1CCN(Cc2ccc(Nc3ncc(CC4CCNC4=O)c(N(C=O)C4CC4)n3)nc2)CC1. The van der Waals surface area contributed by atoms with Gasteiger partial charge in [-0.25, -0.2) is 9.97 Å². The number of amides is 2. The summed E-state index contributed by atoms with van der Waals surface area (Å²) in [5.41, 5.74) is 2.00. The van der Waals surface area contributed by atoms with Crippen LogP contribution in [0.25, 0.3) is 0 Å². The van der Waals surface area contributed by atoms with E-state index in [0.29, 0.717) is 30.5 Å². The Morgan fingerprint density at radius 2 is 1.91 bits per heavy atom. The number of pyridine rings is 1. The molecule has 10 nitrogen and oxygen atoms in total. The molecule has 2 aromatic heterocycles. The number of nitrogens with zero attached hydrogens (tertiary/aromatic N) is 6. The molecule has 2 aliphatic heterocycles. The van der Waals surface area contributed by atoms with Gasteiger partial charge < -0.3 is 15.5 Å². The fourth-order valence-corrected chi connectivity index (χ4v) is 4.82. The van der Waals surface area contributed by atoms with E-state index in [1.165, 1.54) is 5.56 Å². The summed E-state index contributed by atoms with van der Waals surface area (Å²) in [4.78, 5) is 44.3. The van der Waals surface area contributed by atoms with Crippen LogP contribution in [-0.2, 0) is 22.6 Å². The maximum absolute atomic E-state index is 12.1. The van der Waals surface area contributed by atoms with Crippen molar-refractivity contribution < 1.29 is 9.59 Å². The first kappa shape index (κ1) is 23.6. The molecule has 4 heterocycles. The number of piperazine rings is 1. The van der Waals surface area contributed by atoms with Crippen LogP contribution >= 0.6 is 0 Å². The molecule has 1 unspecified atom stereocenters. The third-order valence-corrected chi connectivity index (χ3v) is 7.15. The number of anilines is 3. The summed E-state index contributed by atoms with van der Waals surface area (Å²) < 4.78 is 0. The topological polar surface area (TPSA) is 107 Å². The highest BCUT2D eigenvalue weighted by Crippen LogP contribution is 2.33. The highest BCUT2D eigenvalue weighted by atomic mass is 16.2. The summed E-state index contributed by atoms with van der Waals surface area (Å²) in [6.45, 7) is 9.29. The average Bonchev–Trinajstić information content (AvgIpc) is 3.64. The summed E-state index contributed by atoms with van der Waals surface area (Å²) in [5, 5.41) is 6.06. The normalized spacial score (nSPS) is 21.1. The lowest BCUT2D eigenvalue weighted by Crippen LogP contribution is -2.45. The molecule has 2 amide bonds. The Morgan fingerprint density at radius 3 is 2.54 bits per heavy atom. The summed E-state index contributed by atoms with van der Waals surface area (Å²) in [7, 11) is 0. The number of nitrogens with one attached hydrogen (secondary N) is 2. The highest BCUT2D eigenvalue weighted by Gasteiger charge is 2.33. The molecule has 1 saturated carbocycles. The van der Waals surface area contributed by atoms with Gasteiger partial charge in [0.15, 0.2) is 0 Å². The fraction of sp³-hybridized carbons (Fsp3) is 0.560. The number of carbonyl (C=O) groups is 2. The molecule has 1 atom stereocenters. The van der Waals surface area contributed by atoms with E-state index in [4.69, 9.17) is 0 Å². The van der Waals surface area contributed by atoms with Gasteiger partial charge in [-0.2, -0.15) is 4.98 Å². The largest absolute Gasteiger partial charge is 0.356 e. The number of hydrogen-bond donors (Lipinski definition) is 2. The Bertz CT molecular complexity index is 1030. The monoisotopic (exact) mass is 478 g/mol. The maximum Gasteiger partial charge on any atom is 0.230 e. The zero-order valence-corrected chi connectivity index (χ0v) is 20.3. The van der Waals surface area contributed by atoms with Crippen LogP contribution in [0.3, 0.4) is 0 Å². The van der Waals surface area contributed by atoms with Gasteiger partial charge in [0.05, 0.1) is 0 Å². The summed E-state index contributed by atoms with van der Waals surface area (Å²) in [5.74, 6) is 1.58. The minimum absolute atomic E-state index is 0.0544. The third-order valence-electron chi connectivity index (χ3n) is 7.15. The van der Waals surface area contributed by atoms with E-state index in [2.05, 4.69) is 48.4 Å². The number of aromatic nitrogens is 3. The zero-order chi connectivity index (χ0) is 24.2. The van der Waals surface area contributed by atoms with Gasteiger partial charge in [-0.3, -0.25) is 19.4 Å². The van der Waals surface area contributed by atoms with Crippen LogP contribution in [0.1, 0.15) is 37.3 Å². The van der Waals surface area contributed by atoms with Gasteiger partial charge in [0.25, 0.3) is 0 Å². The molecule has 3 aliphatic rings. The Labute approximate surface area is 206 Å². The molecular weight excluding hydrogens is 444 g/mol. The zero-order valence-electron chi connectivity index (χ0n) is 20.3. The van der Waals surface area contributed by atoms with Crippen molar-refractivity contribution in [2.45, 2.75) is 45.2 Å². The molecule has 2 aromatic rings.